The summed E-state index contributed by atoms with van der Waals surface area (Å²) < 4.78 is 8.71. The second kappa shape index (κ2) is 8.31. The molecule has 4 heterocycles. The van der Waals surface area contributed by atoms with Crippen molar-refractivity contribution < 1.29 is 4.74 Å². The lowest BCUT2D eigenvalue weighted by molar-refractivity contribution is 0.169. The van der Waals surface area contributed by atoms with Gasteiger partial charge in [0.2, 0.25) is 0 Å². The van der Waals surface area contributed by atoms with Gasteiger partial charge in [-0.05, 0) is 43.0 Å². The summed E-state index contributed by atoms with van der Waals surface area (Å²) in [5.41, 5.74) is 6.26. The maximum atomic E-state index is 6.39. The van der Waals surface area contributed by atoms with Crippen LogP contribution in [0.5, 0.6) is 5.75 Å². The third-order valence-corrected chi connectivity index (χ3v) is 7.59. The number of aromatic nitrogens is 3. The minimum atomic E-state index is 0.465. The van der Waals surface area contributed by atoms with Gasteiger partial charge in [0, 0.05) is 64.6 Å². The molecule has 0 fully saturated rings. The number of ether oxygens (including phenoxy) is 1. The van der Waals surface area contributed by atoms with Crippen LogP contribution in [-0.4, -0.2) is 38.7 Å². The summed E-state index contributed by atoms with van der Waals surface area (Å²) in [6, 6.07) is 13.7. The number of benzene rings is 2. The van der Waals surface area contributed by atoms with E-state index in [1.807, 2.05) is 6.20 Å². The quantitative estimate of drug-likeness (QED) is 0.290. The smallest absolute Gasteiger partial charge is 0.145 e. The van der Waals surface area contributed by atoms with Gasteiger partial charge < -0.3 is 4.74 Å². The zero-order valence-electron chi connectivity index (χ0n) is 20.7. The Kier molecular flexibility index (Phi) is 5.25. The monoisotopic (exact) mass is 454 g/mol. The highest BCUT2D eigenvalue weighted by Gasteiger charge is 2.27. The van der Waals surface area contributed by atoms with E-state index in [9.17, 15) is 0 Å². The molecule has 0 saturated heterocycles. The molecule has 0 spiro atoms. The summed E-state index contributed by atoms with van der Waals surface area (Å²) in [5, 5.41) is 8.81. The van der Waals surface area contributed by atoms with Gasteiger partial charge in [0.25, 0.3) is 0 Å². The zero-order valence-corrected chi connectivity index (χ0v) is 20.7. The number of nitrogens with one attached hydrogen (secondary N) is 1. The van der Waals surface area contributed by atoms with E-state index >= 15 is 0 Å². The number of aromatic amines is 1. The third kappa shape index (κ3) is 3.21. The number of rotatable bonds is 6. The largest absolute Gasteiger partial charge is 0.491 e. The van der Waals surface area contributed by atoms with Gasteiger partial charge in [-0.25, -0.2) is 0 Å². The van der Waals surface area contributed by atoms with E-state index in [1.54, 1.807) is 0 Å². The summed E-state index contributed by atoms with van der Waals surface area (Å²) in [7, 11) is 0. The first-order chi connectivity index (χ1) is 16.6. The van der Waals surface area contributed by atoms with Gasteiger partial charge >= 0.3 is 0 Å². The molecule has 0 bridgehead atoms. The van der Waals surface area contributed by atoms with Crippen molar-refractivity contribution in [1.82, 2.24) is 19.5 Å². The lowest BCUT2D eigenvalue weighted by Crippen LogP contribution is -2.38. The van der Waals surface area contributed by atoms with Gasteiger partial charge in [-0.15, -0.1) is 0 Å². The molecule has 1 aliphatic rings. The van der Waals surface area contributed by atoms with Crippen LogP contribution in [0.3, 0.4) is 0 Å². The molecule has 1 N–H and O–H groups in total. The molecule has 0 aliphatic carbocycles. The van der Waals surface area contributed by atoms with Gasteiger partial charge in [0.1, 0.15) is 11.3 Å². The van der Waals surface area contributed by atoms with Gasteiger partial charge in [-0.1, -0.05) is 39.8 Å². The average molecular weight is 455 g/mol. The Bertz CT molecular complexity index is 1510. The number of hydrogen-bond donors (Lipinski definition) is 1. The standard InChI is InChI=1S/C29H34N4O/c1-5-19(6-2)32-15-13-25-23(16-32)28-22-10-11-24-20(12-14-30-24)27(22)21-8-7-9-26(34-17-18(3)4)29(21)33(28)31-25/h7-12,14,18-19,31H,5-6,13,15-17H2,1-4H3. The highest BCUT2D eigenvalue weighted by molar-refractivity contribution is 6.24. The van der Waals surface area contributed by atoms with Crippen LogP contribution in [0.1, 0.15) is 51.8 Å². The lowest BCUT2D eigenvalue weighted by Gasteiger charge is -2.33. The van der Waals surface area contributed by atoms with E-state index in [4.69, 9.17) is 4.74 Å². The molecule has 6 rings (SSSR count). The first-order valence-corrected chi connectivity index (χ1v) is 12.8. The molecule has 5 heteroatoms. The minimum absolute atomic E-state index is 0.465. The highest BCUT2D eigenvalue weighted by Crippen LogP contribution is 2.41. The number of fused-ring (bicyclic) bond motifs is 10. The van der Waals surface area contributed by atoms with Gasteiger partial charge in [0.15, 0.2) is 0 Å². The van der Waals surface area contributed by atoms with E-state index in [1.165, 1.54) is 51.2 Å². The molecule has 0 atom stereocenters. The fourth-order valence-corrected chi connectivity index (χ4v) is 5.92. The van der Waals surface area contributed by atoms with Crippen molar-refractivity contribution in [2.45, 2.75) is 59.5 Å². The van der Waals surface area contributed by atoms with Crippen LogP contribution in [-0.2, 0) is 13.0 Å². The van der Waals surface area contributed by atoms with Crippen molar-refractivity contribution >= 4 is 38.1 Å². The van der Waals surface area contributed by atoms with Crippen LogP contribution >= 0.6 is 0 Å². The van der Waals surface area contributed by atoms with Crippen molar-refractivity contribution in [3.05, 3.63) is 53.9 Å². The number of hydrogen-bond acceptors (Lipinski definition) is 3. The van der Waals surface area contributed by atoms with E-state index < -0.39 is 0 Å². The summed E-state index contributed by atoms with van der Waals surface area (Å²) in [5.74, 6) is 1.41. The lowest BCUT2D eigenvalue weighted by atomic mass is 9.97. The van der Waals surface area contributed by atoms with Crippen molar-refractivity contribution in [1.29, 1.82) is 0 Å². The maximum Gasteiger partial charge on any atom is 0.145 e. The molecular formula is C29H34N4O. The molecule has 0 saturated carbocycles. The molecule has 2 aromatic carbocycles. The van der Waals surface area contributed by atoms with Gasteiger partial charge in [0.05, 0.1) is 17.6 Å². The Morgan fingerprint density at radius 2 is 1.82 bits per heavy atom. The second-order valence-corrected chi connectivity index (χ2v) is 10.2. The Morgan fingerprint density at radius 1 is 1.00 bits per heavy atom. The maximum absolute atomic E-state index is 6.39. The predicted octanol–water partition coefficient (Wildman–Crippen LogP) is 6.70. The Morgan fingerprint density at radius 3 is 2.62 bits per heavy atom. The summed E-state index contributed by atoms with van der Waals surface area (Å²) in [4.78, 5) is 7.29. The van der Waals surface area contributed by atoms with Crippen molar-refractivity contribution in [2.24, 2.45) is 5.92 Å². The number of H-pyrrole nitrogens is 1. The van der Waals surface area contributed by atoms with Gasteiger partial charge in [-0.3, -0.25) is 19.5 Å². The zero-order chi connectivity index (χ0) is 23.4. The van der Waals surface area contributed by atoms with E-state index in [0.29, 0.717) is 18.6 Å². The normalized spacial score (nSPS) is 14.9. The number of pyridine rings is 1. The Hall–Kier alpha value is -3.05. The molecule has 5 aromatic rings. The second-order valence-electron chi connectivity index (χ2n) is 10.2. The summed E-state index contributed by atoms with van der Waals surface area (Å²) >= 11 is 0. The Labute approximate surface area is 200 Å². The molecule has 0 radical (unpaired) electrons. The molecule has 1 aliphatic heterocycles. The fraction of sp³-hybridized carbons (Fsp3) is 0.414. The molecule has 34 heavy (non-hydrogen) atoms. The number of nitrogens with zero attached hydrogens (tertiary/aromatic N) is 3. The van der Waals surface area contributed by atoms with E-state index in [0.717, 1.165) is 36.3 Å². The summed E-state index contributed by atoms with van der Waals surface area (Å²) in [6.45, 7) is 11.8. The molecule has 3 aromatic heterocycles. The molecule has 0 unspecified atom stereocenters. The van der Waals surface area contributed by atoms with Gasteiger partial charge in [-0.2, -0.15) is 0 Å². The summed E-state index contributed by atoms with van der Waals surface area (Å²) in [6.07, 6.45) is 5.36. The van der Waals surface area contributed by atoms with Crippen LogP contribution < -0.4 is 4.74 Å². The third-order valence-electron chi connectivity index (χ3n) is 7.59. The van der Waals surface area contributed by atoms with Crippen molar-refractivity contribution in [2.75, 3.05) is 13.2 Å². The van der Waals surface area contributed by atoms with Crippen LogP contribution in [0.2, 0.25) is 0 Å². The SMILES string of the molecule is CCC(CC)N1CCc2[nH]n3c4c(OCC(C)C)cccc4c4c5ccnc5ccc4c3c2C1. The number of para-hydroxylation sites is 1. The first kappa shape index (κ1) is 21.5. The first-order valence-electron chi connectivity index (χ1n) is 12.8. The van der Waals surface area contributed by atoms with Crippen LogP contribution in [0.25, 0.3) is 38.1 Å². The van der Waals surface area contributed by atoms with Crippen molar-refractivity contribution in [3.8, 4) is 5.75 Å². The van der Waals surface area contributed by atoms with Crippen molar-refractivity contribution in [3.63, 3.8) is 0 Å². The fourth-order valence-electron chi connectivity index (χ4n) is 5.92. The van der Waals surface area contributed by atoms with Crippen LogP contribution in [0, 0.1) is 5.92 Å². The van der Waals surface area contributed by atoms with Crippen LogP contribution in [0.4, 0.5) is 0 Å². The molecule has 0 amide bonds. The predicted molar refractivity (Wildman–Crippen MR) is 141 cm³/mol. The Balaban J connectivity index is 1.70. The van der Waals surface area contributed by atoms with Crippen LogP contribution in [0.15, 0.2) is 42.6 Å². The highest BCUT2D eigenvalue weighted by atomic mass is 16.5. The molecule has 5 nitrogen and oxygen atoms in total. The molecular weight excluding hydrogens is 420 g/mol. The topological polar surface area (TPSA) is 45.6 Å². The van der Waals surface area contributed by atoms with E-state index in [2.05, 4.69) is 83.6 Å². The minimum Gasteiger partial charge on any atom is -0.491 e. The van der Waals surface area contributed by atoms with E-state index in [-0.39, 0.29) is 0 Å². The average Bonchev–Trinajstić information content (AvgIpc) is 3.47. The molecule has 176 valence electrons.